The minimum Gasteiger partial charge on any atom is -0.361 e. The zero-order valence-corrected chi connectivity index (χ0v) is 15.8. The van der Waals surface area contributed by atoms with E-state index in [2.05, 4.69) is 65.7 Å². The molecule has 0 saturated carbocycles. The standard InChI is InChI=1S/C20H26N2OSi/c1-24(2,3)13-12-23-16-22-11-9-18-8-7-17(15-20(18)22)14-19-6-4-5-10-21-19/h4-11,15H,12-14,16H2,1-3H3. The molecule has 0 fully saturated rings. The third-order valence-corrected chi connectivity index (χ3v) is 5.88. The van der Waals surface area contributed by atoms with Gasteiger partial charge in [0.05, 0.1) is 5.52 Å². The summed E-state index contributed by atoms with van der Waals surface area (Å²) in [5, 5.41) is 1.26. The molecule has 126 valence electrons. The number of aromatic nitrogens is 2. The van der Waals surface area contributed by atoms with Gasteiger partial charge in [-0.25, -0.2) is 0 Å². The van der Waals surface area contributed by atoms with Crippen molar-refractivity contribution in [2.24, 2.45) is 0 Å². The van der Waals surface area contributed by atoms with E-state index in [0.29, 0.717) is 6.73 Å². The van der Waals surface area contributed by atoms with Gasteiger partial charge in [-0.15, -0.1) is 0 Å². The number of ether oxygens (including phenoxy) is 1. The molecule has 3 aromatic rings. The molecule has 0 N–H and O–H groups in total. The van der Waals surface area contributed by atoms with Crippen molar-refractivity contribution in [2.75, 3.05) is 6.61 Å². The maximum absolute atomic E-state index is 5.91. The highest BCUT2D eigenvalue weighted by atomic mass is 28.3. The fraction of sp³-hybridized carbons (Fsp3) is 0.350. The van der Waals surface area contributed by atoms with Gasteiger partial charge >= 0.3 is 0 Å². The van der Waals surface area contributed by atoms with Crippen molar-refractivity contribution in [3.05, 3.63) is 66.1 Å². The van der Waals surface area contributed by atoms with E-state index in [4.69, 9.17) is 4.74 Å². The van der Waals surface area contributed by atoms with Crippen molar-refractivity contribution in [1.82, 2.24) is 9.55 Å². The van der Waals surface area contributed by atoms with Gasteiger partial charge in [0.25, 0.3) is 0 Å². The summed E-state index contributed by atoms with van der Waals surface area (Å²) in [7, 11) is -1.03. The average molecular weight is 339 g/mol. The summed E-state index contributed by atoms with van der Waals surface area (Å²) >= 11 is 0. The summed E-state index contributed by atoms with van der Waals surface area (Å²) < 4.78 is 8.10. The Hall–Kier alpha value is -1.91. The molecule has 0 atom stereocenters. The molecular formula is C20H26N2OSi. The maximum atomic E-state index is 5.91. The lowest BCUT2D eigenvalue weighted by Gasteiger charge is -2.16. The van der Waals surface area contributed by atoms with Gasteiger partial charge in [-0.2, -0.15) is 0 Å². The quantitative estimate of drug-likeness (QED) is 0.451. The summed E-state index contributed by atoms with van der Waals surface area (Å²) in [5.41, 5.74) is 3.61. The second kappa shape index (κ2) is 7.32. The fourth-order valence-electron chi connectivity index (χ4n) is 2.71. The van der Waals surface area contributed by atoms with E-state index in [-0.39, 0.29) is 0 Å². The van der Waals surface area contributed by atoms with Gasteiger partial charge in [0.15, 0.2) is 0 Å². The third-order valence-electron chi connectivity index (χ3n) is 4.18. The van der Waals surface area contributed by atoms with Gasteiger partial charge in [0.1, 0.15) is 6.73 Å². The second-order valence-electron chi connectivity index (χ2n) is 7.52. The first-order valence-corrected chi connectivity index (χ1v) is 12.3. The van der Waals surface area contributed by atoms with Crippen LogP contribution in [0, 0.1) is 0 Å². The van der Waals surface area contributed by atoms with E-state index >= 15 is 0 Å². The third kappa shape index (κ3) is 4.55. The molecule has 24 heavy (non-hydrogen) atoms. The Labute approximate surface area is 145 Å². The molecule has 0 aliphatic carbocycles. The summed E-state index contributed by atoms with van der Waals surface area (Å²) in [6, 6.07) is 16.1. The summed E-state index contributed by atoms with van der Waals surface area (Å²) in [5.74, 6) is 0. The Bertz CT molecular complexity index is 790. The van der Waals surface area contributed by atoms with Gasteiger partial charge in [-0.3, -0.25) is 4.98 Å². The van der Waals surface area contributed by atoms with E-state index in [9.17, 15) is 0 Å². The Morgan fingerprint density at radius 2 is 1.96 bits per heavy atom. The molecule has 0 radical (unpaired) electrons. The van der Waals surface area contributed by atoms with Crippen LogP contribution in [0.15, 0.2) is 54.9 Å². The normalized spacial score (nSPS) is 12.0. The number of pyridine rings is 1. The molecule has 0 unspecified atom stereocenters. The predicted octanol–water partition coefficient (Wildman–Crippen LogP) is 4.94. The van der Waals surface area contributed by atoms with Crippen LogP contribution in [0.3, 0.4) is 0 Å². The largest absolute Gasteiger partial charge is 0.361 e. The summed E-state index contributed by atoms with van der Waals surface area (Å²) in [6.45, 7) is 8.62. The Morgan fingerprint density at radius 3 is 2.71 bits per heavy atom. The topological polar surface area (TPSA) is 27.1 Å². The maximum Gasteiger partial charge on any atom is 0.122 e. The van der Waals surface area contributed by atoms with Crippen LogP contribution in [0.1, 0.15) is 11.3 Å². The molecule has 0 spiro atoms. The van der Waals surface area contributed by atoms with Crippen LogP contribution in [0.4, 0.5) is 0 Å². The molecule has 1 aromatic carbocycles. The molecular weight excluding hydrogens is 312 g/mol. The van der Waals surface area contributed by atoms with Crippen molar-refractivity contribution < 1.29 is 4.74 Å². The van der Waals surface area contributed by atoms with E-state index in [1.165, 1.54) is 22.5 Å². The van der Waals surface area contributed by atoms with E-state index in [1.807, 2.05) is 18.3 Å². The zero-order valence-electron chi connectivity index (χ0n) is 14.8. The van der Waals surface area contributed by atoms with Gasteiger partial charge in [0, 0.05) is 39.2 Å². The molecule has 2 heterocycles. The first kappa shape index (κ1) is 16.9. The van der Waals surface area contributed by atoms with E-state index < -0.39 is 8.07 Å². The minimum absolute atomic E-state index is 0.626. The molecule has 2 aromatic heterocycles. The van der Waals surface area contributed by atoms with Gasteiger partial charge in [-0.1, -0.05) is 37.8 Å². The lowest BCUT2D eigenvalue weighted by atomic mass is 10.1. The van der Waals surface area contributed by atoms with Crippen LogP contribution in [0.5, 0.6) is 0 Å². The number of fused-ring (bicyclic) bond motifs is 1. The van der Waals surface area contributed by atoms with Crippen LogP contribution in [-0.4, -0.2) is 24.2 Å². The number of hydrogen-bond acceptors (Lipinski definition) is 2. The molecule has 3 rings (SSSR count). The molecule has 0 saturated heterocycles. The molecule has 3 nitrogen and oxygen atoms in total. The Morgan fingerprint density at radius 1 is 1.08 bits per heavy atom. The predicted molar refractivity (Wildman–Crippen MR) is 103 cm³/mol. The minimum atomic E-state index is -1.03. The average Bonchev–Trinajstić information content (AvgIpc) is 2.94. The SMILES string of the molecule is C[Si](C)(C)CCOCn1ccc2ccc(Cc3ccccn3)cc21. The Kier molecular flexibility index (Phi) is 5.16. The van der Waals surface area contributed by atoms with Crippen LogP contribution < -0.4 is 0 Å². The van der Waals surface area contributed by atoms with Crippen molar-refractivity contribution >= 4 is 19.0 Å². The van der Waals surface area contributed by atoms with Crippen LogP contribution >= 0.6 is 0 Å². The van der Waals surface area contributed by atoms with E-state index in [0.717, 1.165) is 18.7 Å². The van der Waals surface area contributed by atoms with Crippen molar-refractivity contribution in [2.45, 2.75) is 38.8 Å². The first-order valence-electron chi connectivity index (χ1n) is 8.57. The number of benzene rings is 1. The monoisotopic (exact) mass is 338 g/mol. The van der Waals surface area contributed by atoms with Gasteiger partial charge in [0.2, 0.25) is 0 Å². The van der Waals surface area contributed by atoms with Crippen LogP contribution in [0.2, 0.25) is 25.7 Å². The molecule has 0 aliphatic rings. The van der Waals surface area contributed by atoms with Gasteiger partial charge in [-0.05, 0) is 41.3 Å². The second-order valence-corrected chi connectivity index (χ2v) is 13.1. The van der Waals surface area contributed by atoms with Crippen molar-refractivity contribution in [3.8, 4) is 0 Å². The highest BCUT2D eigenvalue weighted by Gasteiger charge is 2.12. The summed E-state index contributed by atoms with van der Waals surface area (Å²) in [6.07, 6.45) is 4.82. The number of hydrogen-bond donors (Lipinski definition) is 0. The lowest BCUT2D eigenvalue weighted by molar-refractivity contribution is 0.0902. The van der Waals surface area contributed by atoms with Crippen molar-refractivity contribution in [3.63, 3.8) is 0 Å². The van der Waals surface area contributed by atoms with Crippen molar-refractivity contribution in [1.29, 1.82) is 0 Å². The Balaban J connectivity index is 1.69. The van der Waals surface area contributed by atoms with Gasteiger partial charge < -0.3 is 9.30 Å². The lowest BCUT2D eigenvalue weighted by Crippen LogP contribution is -2.21. The first-order chi connectivity index (χ1) is 11.5. The number of rotatable bonds is 7. The van der Waals surface area contributed by atoms with Crippen LogP contribution in [-0.2, 0) is 17.9 Å². The molecule has 0 aliphatic heterocycles. The summed E-state index contributed by atoms with van der Waals surface area (Å²) in [4.78, 5) is 4.42. The highest BCUT2D eigenvalue weighted by molar-refractivity contribution is 6.76. The highest BCUT2D eigenvalue weighted by Crippen LogP contribution is 2.19. The number of nitrogens with zero attached hydrogens (tertiary/aromatic N) is 2. The molecule has 0 amide bonds. The fourth-order valence-corrected chi connectivity index (χ4v) is 3.46. The van der Waals surface area contributed by atoms with E-state index in [1.54, 1.807) is 0 Å². The van der Waals surface area contributed by atoms with Crippen LogP contribution in [0.25, 0.3) is 10.9 Å². The zero-order chi connectivity index (χ0) is 17.0. The smallest absolute Gasteiger partial charge is 0.122 e. The molecule has 0 bridgehead atoms. The molecule has 4 heteroatoms.